The summed E-state index contributed by atoms with van der Waals surface area (Å²) in [5.41, 5.74) is 5.04. The molecule has 0 radical (unpaired) electrons. The summed E-state index contributed by atoms with van der Waals surface area (Å²) in [7, 11) is 1.63. The predicted molar refractivity (Wildman–Crippen MR) is 424 cm³/mol. The lowest BCUT2D eigenvalue weighted by molar-refractivity contribution is -0.156. The molecule has 5 unspecified atom stereocenters. The van der Waals surface area contributed by atoms with Crippen LogP contribution in [-0.2, 0) is 30.0 Å². The quantitative estimate of drug-likeness (QED) is 0.0465. The summed E-state index contributed by atoms with van der Waals surface area (Å²) in [5.74, 6) is 0.824. The van der Waals surface area contributed by atoms with E-state index in [9.17, 15) is 4.79 Å². The average Bonchev–Trinajstić information content (AvgIpc) is 4.10. The van der Waals surface area contributed by atoms with E-state index in [2.05, 4.69) is 174 Å². The van der Waals surface area contributed by atoms with Gasteiger partial charge in [0.15, 0.2) is 0 Å². The molecular weight excluding hydrogens is 1120 g/mol. The SMILES string of the molecule is C.C.C.C.C.C.C.C.C.C.C.C.C.C.C.C.C.C.CCC(C)(CC(C)(C)C)c1ccncc1.CCC(C)(CC(C)(C)C)n1ccnc1.CCC(CC(C)(C)C)c1cccnc1.CCC(CC(CC(C)(C)C(=O)OCCOCCOC)n1ccnc1)c1ccncc1. The number of aromatic nitrogens is 7. The number of carbonyl (C=O) groups is 1. The monoisotopic (exact) mass is 1300 g/mol. The first-order valence-corrected chi connectivity index (χ1v) is 27.2. The van der Waals surface area contributed by atoms with Gasteiger partial charge in [0.2, 0.25) is 0 Å². The van der Waals surface area contributed by atoms with Crippen LogP contribution in [0.3, 0.4) is 0 Å². The Balaban J connectivity index is -0.0000000527. The van der Waals surface area contributed by atoms with E-state index in [4.69, 9.17) is 14.2 Å². The van der Waals surface area contributed by atoms with Crippen molar-refractivity contribution in [3.8, 4) is 0 Å². The van der Waals surface area contributed by atoms with Gasteiger partial charge >= 0.3 is 5.97 Å². The van der Waals surface area contributed by atoms with E-state index in [0.29, 0.717) is 54.3 Å². The number of ether oxygens (including phenoxy) is 3. The summed E-state index contributed by atoms with van der Waals surface area (Å²) in [6.07, 6.45) is 32.4. The molecule has 0 fully saturated rings. The standard InChI is InChI=1S/C23H35N3O4.C14H23N.C13H21N.C12H22N2.18CH4/c1-5-19(20-6-8-24-9-7-20)16-21(26-11-10-25-18-26)17-23(2,3)22(27)30-15-14-29-13-12-28-4;1-6-14(5,11-13(2,3)4)12-7-9-15-10-8-12;1-5-11(9-13(2,3)4)12-7-6-8-14-10-12;1-6-12(5,9-11(2,3)4)14-8-7-13-10-14;;;;;;;;;;;;;;;;;;/h6-11,18-19,21H,5,12-17H2,1-4H3;7-10H,6,11H2,1-5H3;6-8,10-11H,5,9H2,1-4H3;7-8,10H,6,9H2,1-5H3;18*1H4. The van der Waals surface area contributed by atoms with Gasteiger partial charge in [0.25, 0.3) is 0 Å². The number of nitrogens with zero attached hydrogens (tertiary/aromatic N) is 7. The van der Waals surface area contributed by atoms with E-state index in [1.165, 1.54) is 48.8 Å². The molecule has 11 heteroatoms. The summed E-state index contributed by atoms with van der Waals surface area (Å²) in [6.45, 7) is 39.8. The Labute approximate surface area is 577 Å². The van der Waals surface area contributed by atoms with Gasteiger partial charge in [0.05, 0.1) is 37.9 Å². The zero-order chi connectivity index (χ0) is 54.8. The molecule has 5 heterocycles. The van der Waals surface area contributed by atoms with Crippen molar-refractivity contribution in [2.45, 2.75) is 338 Å². The Kier molecular flexibility index (Phi) is 91.9. The van der Waals surface area contributed by atoms with Crippen molar-refractivity contribution in [2.24, 2.45) is 21.7 Å². The van der Waals surface area contributed by atoms with Gasteiger partial charge in [-0.3, -0.25) is 19.7 Å². The van der Waals surface area contributed by atoms with Crippen molar-refractivity contribution in [1.82, 2.24) is 34.1 Å². The molecule has 5 rings (SSSR count). The molecular formula is C80H173N7O4. The Morgan fingerprint density at radius 1 is 0.473 bits per heavy atom. The Hall–Kier alpha value is -4.74. The van der Waals surface area contributed by atoms with Crippen LogP contribution >= 0.6 is 0 Å². The molecule has 5 aromatic heterocycles. The summed E-state index contributed by atoms with van der Waals surface area (Å²) in [4.78, 5) is 33.5. The number of carbonyl (C=O) groups excluding carboxylic acids is 1. The number of pyridine rings is 3. The third kappa shape index (κ3) is 51.4. The molecule has 0 aliphatic rings. The molecule has 91 heavy (non-hydrogen) atoms. The second kappa shape index (κ2) is 64.0. The number of imidazole rings is 2. The van der Waals surface area contributed by atoms with E-state index in [1.54, 1.807) is 13.3 Å². The molecule has 0 aliphatic carbocycles. The minimum Gasteiger partial charge on any atom is -0.463 e. The van der Waals surface area contributed by atoms with Gasteiger partial charge in [-0.2, -0.15) is 0 Å². The van der Waals surface area contributed by atoms with E-state index in [-0.39, 0.29) is 163 Å². The predicted octanol–water partition coefficient (Wildman–Crippen LogP) is 27.1. The van der Waals surface area contributed by atoms with Gasteiger partial charge in [-0.05, 0) is 159 Å². The molecule has 552 valence electrons. The molecule has 0 aromatic carbocycles. The van der Waals surface area contributed by atoms with Crippen molar-refractivity contribution in [1.29, 1.82) is 0 Å². The number of rotatable bonds is 23. The van der Waals surface area contributed by atoms with Crippen molar-refractivity contribution < 1.29 is 19.0 Å². The number of methoxy groups -OCH3 is 1. The summed E-state index contributed by atoms with van der Waals surface area (Å²) in [5, 5.41) is 0. The number of hydrogen-bond acceptors (Lipinski definition) is 9. The summed E-state index contributed by atoms with van der Waals surface area (Å²) >= 11 is 0. The van der Waals surface area contributed by atoms with Gasteiger partial charge in [-0.25, -0.2) is 9.97 Å². The van der Waals surface area contributed by atoms with Crippen molar-refractivity contribution in [3.63, 3.8) is 0 Å². The van der Waals surface area contributed by atoms with Crippen LogP contribution in [-0.4, -0.2) is 73.6 Å². The molecule has 0 saturated heterocycles. The number of esters is 1. The molecule has 0 saturated carbocycles. The highest BCUT2D eigenvalue weighted by molar-refractivity contribution is 5.75. The maximum Gasteiger partial charge on any atom is 0.311 e. The van der Waals surface area contributed by atoms with Crippen molar-refractivity contribution in [3.05, 3.63) is 128 Å². The van der Waals surface area contributed by atoms with Crippen LogP contribution in [0.2, 0.25) is 0 Å². The fourth-order valence-electron chi connectivity index (χ4n) is 9.93. The largest absolute Gasteiger partial charge is 0.463 e. The third-order valence-corrected chi connectivity index (χ3v) is 13.8. The van der Waals surface area contributed by atoms with Crippen LogP contribution in [0.4, 0.5) is 0 Å². The first kappa shape index (κ1) is 131. The molecule has 0 aliphatic heterocycles. The van der Waals surface area contributed by atoms with Crippen molar-refractivity contribution in [2.75, 3.05) is 33.5 Å². The van der Waals surface area contributed by atoms with Crippen LogP contribution in [0.5, 0.6) is 0 Å². The summed E-state index contributed by atoms with van der Waals surface area (Å²) in [6, 6.07) is 12.8. The van der Waals surface area contributed by atoms with E-state index < -0.39 is 5.41 Å². The second-order valence-corrected chi connectivity index (χ2v) is 24.7. The molecule has 11 nitrogen and oxygen atoms in total. The molecule has 0 bridgehead atoms. The molecule has 0 amide bonds. The maximum atomic E-state index is 12.7. The van der Waals surface area contributed by atoms with Crippen molar-refractivity contribution >= 4 is 5.97 Å². The zero-order valence-corrected chi connectivity index (χ0v) is 49.1. The van der Waals surface area contributed by atoms with Crippen LogP contribution in [0.1, 0.15) is 344 Å². The minimum absolute atomic E-state index is 0. The first-order chi connectivity index (χ1) is 34.2. The van der Waals surface area contributed by atoms with Gasteiger partial charge in [0.1, 0.15) is 6.61 Å². The fourth-order valence-corrected chi connectivity index (χ4v) is 9.93. The molecule has 5 atom stereocenters. The Morgan fingerprint density at radius 2 is 0.945 bits per heavy atom. The number of hydrogen-bond donors (Lipinski definition) is 0. The van der Waals surface area contributed by atoms with Gasteiger partial charge in [0, 0.05) is 80.7 Å². The lowest BCUT2D eigenvalue weighted by Gasteiger charge is -2.36. The highest BCUT2D eigenvalue weighted by Gasteiger charge is 2.35. The molecule has 5 aromatic rings. The lowest BCUT2D eigenvalue weighted by atomic mass is 9.70. The highest BCUT2D eigenvalue weighted by atomic mass is 16.6. The normalized spacial score (nSPS) is 11.9. The zero-order valence-electron chi connectivity index (χ0n) is 49.1. The van der Waals surface area contributed by atoms with Gasteiger partial charge in [-0.15, -0.1) is 0 Å². The van der Waals surface area contributed by atoms with Gasteiger partial charge in [-0.1, -0.05) is 237 Å². The van der Waals surface area contributed by atoms with Crippen LogP contribution in [0.15, 0.2) is 111 Å². The first-order valence-electron chi connectivity index (χ1n) is 27.2. The topological polar surface area (TPSA) is 119 Å². The average molecular weight is 1300 g/mol. The third-order valence-electron chi connectivity index (χ3n) is 13.8. The van der Waals surface area contributed by atoms with Crippen LogP contribution in [0.25, 0.3) is 0 Å². The Morgan fingerprint density at radius 3 is 1.33 bits per heavy atom. The summed E-state index contributed by atoms with van der Waals surface area (Å²) < 4.78 is 20.1. The minimum atomic E-state index is -0.627. The Bertz CT molecular complexity index is 2150. The molecule has 0 N–H and O–H groups in total. The highest BCUT2D eigenvalue weighted by Crippen LogP contribution is 2.40. The molecule has 0 spiro atoms. The fraction of sp³-hybridized carbons (Fsp3) is 0.725. The maximum absolute atomic E-state index is 12.7. The van der Waals surface area contributed by atoms with E-state index in [1.807, 2.05) is 82.1 Å². The van der Waals surface area contributed by atoms with E-state index >= 15 is 0 Å². The van der Waals surface area contributed by atoms with Crippen LogP contribution < -0.4 is 0 Å². The lowest BCUT2D eigenvalue weighted by Crippen LogP contribution is -2.33. The smallest absolute Gasteiger partial charge is 0.311 e. The van der Waals surface area contributed by atoms with Gasteiger partial charge < -0.3 is 23.3 Å². The van der Waals surface area contributed by atoms with Crippen LogP contribution in [0, 0.1) is 21.7 Å². The second-order valence-electron chi connectivity index (χ2n) is 24.7. The van der Waals surface area contributed by atoms with E-state index in [0.717, 1.165) is 19.3 Å².